The van der Waals surface area contributed by atoms with Crippen LogP contribution in [0, 0.1) is 22.0 Å². The zero-order chi connectivity index (χ0) is 21.8. The molecular formula is C20H27N3O7. The molecule has 2 N–H and O–H groups in total. The predicted octanol–water partition coefficient (Wildman–Crippen LogP) is 1.66. The molecule has 1 saturated heterocycles. The van der Waals surface area contributed by atoms with E-state index in [2.05, 4.69) is 10.6 Å². The SMILES string of the molecule is COCC1CC(=O)NC2CC(NC(=O)c3cc(OC)c(OC)cc3[N+](=O)[O-])CCC12. The summed E-state index contributed by atoms with van der Waals surface area (Å²) in [4.78, 5) is 35.8. The van der Waals surface area contributed by atoms with E-state index in [1.165, 1.54) is 26.4 Å². The quantitative estimate of drug-likeness (QED) is 0.506. The van der Waals surface area contributed by atoms with Crippen LogP contribution in [-0.2, 0) is 9.53 Å². The Morgan fingerprint density at radius 1 is 1.23 bits per heavy atom. The van der Waals surface area contributed by atoms with Crippen LogP contribution in [0.1, 0.15) is 36.0 Å². The number of nitro groups is 1. The van der Waals surface area contributed by atoms with E-state index in [-0.39, 0.29) is 46.7 Å². The summed E-state index contributed by atoms with van der Waals surface area (Å²) in [6, 6.07) is 2.25. The van der Waals surface area contributed by atoms with Crippen molar-refractivity contribution in [2.45, 2.75) is 37.8 Å². The molecule has 1 aliphatic carbocycles. The predicted molar refractivity (Wildman–Crippen MR) is 107 cm³/mol. The number of rotatable bonds is 7. The maximum absolute atomic E-state index is 12.9. The molecule has 3 rings (SSSR count). The van der Waals surface area contributed by atoms with Gasteiger partial charge in [-0.15, -0.1) is 0 Å². The van der Waals surface area contributed by atoms with E-state index < -0.39 is 10.8 Å². The molecule has 0 bridgehead atoms. The first-order valence-corrected chi connectivity index (χ1v) is 9.87. The Morgan fingerprint density at radius 2 is 1.93 bits per heavy atom. The van der Waals surface area contributed by atoms with Crippen LogP contribution in [0.25, 0.3) is 0 Å². The Bertz CT molecular complexity index is 829. The van der Waals surface area contributed by atoms with Gasteiger partial charge in [-0.3, -0.25) is 19.7 Å². The zero-order valence-corrected chi connectivity index (χ0v) is 17.3. The van der Waals surface area contributed by atoms with Crippen molar-refractivity contribution in [2.75, 3.05) is 27.9 Å². The van der Waals surface area contributed by atoms with Gasteiger partial charge in [-0.1, -0.05) is 0 Å². The highest BCUT2D eigenvalue weighted by Crippen LogP contribution is 2.37. The van der Waals surface area contributed by atoms with Gasteiger partial charge in [0.15, 0.2) is 11.5 Å². The van der Waals surface area contributed by atoms with Crippen LogP contribution in [0.3, 0.4) is 0 Å². The van der Waals surface area contributed by atoms with Gasteiger partial charge in [0, 0.05) is 38.3 Å². The smallest absolute Gasteiger partial charge is 0.286 e. The van der Waals surface area contributed by atoms with E-state index in [4.69, 9.17) is 14.2 Å². The summed E-state index contributed by atoms with van der Waals surface area (Å²) < 4.78 is 15.5. The first kappa shape index (κ1) is 21.8. The standard InChI is InChI=1S/C20H27N3O7/c1-28-10-11-6-19(24)22-15-7-12(4-5-13(11)15)21-20(25)14-8-17(29-2)18(30-3)9-16(14)23(26)27/h8-9,11-13,15H,4-7,10H2,1-3H3,(H,21,25)(H,22,24). The number of nitrogens with one attached hydrogen (secondary N) is 2. The number of methoxy groups -OCH3 is 3. The number of nitro benzene ring substituents is 1. The number of carbonyl (C=O) groups excluding carboxylic acids is 2. The van der Waals surface area contributed by atoms with Gasteiger partial charge in [0.25, 0.3) is 11.6 Å². The van der Waals surface area contributed by atoms with Crippen molar-refractivity contribution in [2.24, 2.45) is 11.8 Å². The van der Waals surface area contributed by atoms with Crippen LogP contribution in [0.5, 0.6) is 11.5 Å². The Hall–Kier alpha value is -2.88. The van der Waals surface area contributed by atoms with Gasteiger partial charge in [-0.2, -0.15) is 0 Å². The summed E-state index contributed by atoms with van der Waals surface area (Å²) in [5.74, 6) is 0.306. The second kappa shape index (κ2) is 9.29. The third-order valence-corrected chi connectivity index (χ3v) is 5.96. The van der Waals surface area contributed by atoms with E-state index >= 15 is 0 Å². The lowest BCUT2D eigenvalue weighted by atomic mass is 9.71. The van der Waals surface area contributed by atoms with E-state index in [1.807, 2.05) is 0 Å². The highest BCUT2D eigenvalue weighted by molar-refractivity contribution is 5.99. The molecular weight excluding hydrogens is 394 g/mol. The molecule has 0 aromatic heterocycles. The van der Waals surface area contributed by atoms with Crippen molar-refractivity contribution in [3.63, 3.8) is 0 Å². The fourth-order valence-corrected chi connectivity index (χ4v) is 4.57. The average molecular weight is 421 g/mol. The number of hydrogen-bond donors (Lipinski definition) is 2. The van der Waals surface area contributed by atoms with Crippen molar-refractivity contribution in [3.8, 4) is 11.5 Å². The minimum Gasteiger partial charge on any atom is -0.493 e. The third-order valence-electron chi connectivity index (χ3n) is 5.96. The summed E-state index contributed by atoms with van der Waals surface area (Å²) in [6.07, 6.45) is 2.58. The Labute approximate surface area is 174 Å². The molecule has 30 heavy (non-hydrogen) atoms. The summed E-state index contributed by atoms with van der Waals surface area (Å²) in [5, 5.41) is 17.4. The van der Waals surface area contributed by atoms with E-state index in [0.29, 0.717) is 25.4 Å². The first-order valence-electron chi connectivity index (χ1n) is 9.87. The number of amides is 2. The van der Waals surface area contributed by atoms with Gasteiger partial charge >= 0.3 is 0 Å². The molecule has 4 atom stereocenters. The van der Waals surface area contributed by atoms with Crippen molar-refractivity contribution in [1.29, 1.82) is 0 Å². The normalized spacial score (nSPS) is 25.6. The molecule has 4 unspecified atom stereocenters. The molecule has 0 radical (unpaired) electrons. The summed E-state index contributed by atoms with van der Waals surface area (Å²) in [5.41, 5.74) is -0.449. The number of benzene rings is 1. The first-order chi connectivity index (χ1) is 14.4. The molecule has 0 spiro atoms. The second-order valence-corrected chi connectivity index (χ2v) is 7.72. The van der Waals surface area contributed by atoms with Crippen LogP contribution in [0.2, 0.25) is 0 Å². The number of carbonyl (C=O) groups is 2. The molecule has 10 heteroatoms. The lowest BCUT2D eigenvalue weighted by molar-refractivity contribution is -0.385. The van der Waals surface area contributed by atoms with Crippen molar-refractivity contribution >= 4 is 17.5 Å². The molecule has 10 nitrogen and oxygen atoms in total. The van der Waals surface area contributed by atoms with Gasteiger partial charge < -0.3 is 24.8 Å². The van der Waals surface area contributed by atoms with E-state index in [0.717, 1.165) is 12.8 Å². The summed E-state index contributed by atoms with van der Waals surface area (Å²) in [6.45, 7) is 0.531. The van der Waals surface area contributed by atoms with Crippen LogP contribution in [0.4, 0.5) is 5.69 Å². The summed E-state index contributed by atoms with van der Waals surface area (Å²) >= 11 is 0. The van der Waals surface area contributed by atoms with Gasteiger partial charge in [0.2, 0.25) is 5.91 Å². The van der Waals surface area contributed by atoms with Crippen LogP contribution in [-0.4, -0.2) is 56.8 Å². The highest BCUT2D eigenvalue weighted by Gasteiger charge is 2.41. The van der Waals surface area contributed by atoms with Crippen molar-refractivity contribution in [1.82, 2.24) is 10.6 Å². The zero-order valence-electron chi connectivity index (χ0n) is 17.3. The van der Waals surface area contributed by atoms with Crippen molar-refractivity contribution < 1.29 is 28.7 Å². The minimum absolute atomic E-state index is 0.0131. The second-order valence-electron chi connectivity index (χ2n) is 7.72. The number of nitrogens with zero attached hydrogens (tertiary/aromatic N) is 1. The number of hydrogen-bond acceptors (Lipinski definition) is 7. The molecule has 1 heterocycles. The molecule has 1 aromatic carbocycles. The fourth-order valence-electron chi connectivity index (χ4n) is 4.57. The van der Waals surface area contributed by atoms with Gasteiger partial charge in [0.1, 0.15) is 5.56 Å². The average Bonchev–Trinajstić information content (AvgIpc) is 2.72. The molecule has 1 saturated carbocycles. The molecule has 1 aliphatic heterocycles. The van der Waals surface area contributed by atoms with Crippen LogP contribution in [0.15, 0.2) is 12.1 Å². The maximum Gasteiger partial charge on any atom is 0.286 e. The Kier molecular flexibility index (Phi) is 6.76. The van der Waals surface area contributed by atoms with Crippen LogP contribution >= 0.6 is 0 Å². The Morgan fingerprint density at radius 3 is 2.57 bits per heavy atom. The molecule has 1 aromatic rings. The van der Waals surface area contributed by atoms with E-state index in [9.17, 15) is 19.7 Å². The third kappa shape index (κ3) is 4.48. The summed E-state index contributed by atoms with van der Waals surface area (Å²) in [7, 11) is 4.40. The molecule has 164 valence electrons. The lowest BCUT2D eigenvalue weighted by Crippen LogP contribution is -2.56. The number of fused-ring (bicyclic) bond motifs is 1. The monoisotopic (exact) mass is 421 g/mol. The van der Waals surface area contributed by atoms with Crippen LogP contribution < -0.4 is 20.1 Å². The fraction of sp³-hybridized carbons (Fsp3) is 0.600. The largest absolute Gasteiger partial charge is 0.493 e. The highest BCUT2D eigenvalue weighted by atomic mass is 16.6. The van der Waals surface area contributed by atoms with E-state index in [1.54, 1.807) is 7.11 Å². The Balaban J connectivity index is 1.75. The topological polar surface area (TPSA) is 129 Å². The molecule has 2 aliphatic rings. The maximum atomic E-state index is 12.9. The number of piperidine rings is 1. The number of ether oxygens (including phenoxy) is 3. The van der Waals surface area contributed by atoms with Gasteiger partial charge in [0.05, 0.1) is 25.2 Å². The lowest BCUT2D eigenvalue weighted by Gasteiger charge is -2.43. The molecule has 2 amide bonds. The molecule has 2 fully saturated rings. The minimum atomic E-state index is -0.621. The van der Waals surface area contributed by atoms with Gasteiger partial charge in [-0.05, 0) is 31.1 Å². The van der Waals surface area contributed by atoms with Crippen molar-refractivity contribution in [3.05, 3.63) is 27.8 Å². The van der Waals surface area contributed by atoms with Gasteiger partial charge in [-0.25, -0.2) is 0 Å².